The molecule has 0 unspecified atom stereocenters. The lowest BCUT2D eigenvalue weighted by Gasteiger charge is -2.35. The Balaban J connectivity index is 1.60. The zero-order chi connectivity index (χ0) is 27.1. The third kappa shape index (κ3) is 5.50. The fourth-order valence-electron chi connectivity index (χ4n) is 5.18. The van der Waals surface area contributed by atoms with Gasteiger partial charge in [0.25, 0.3) is 0 Å². The molecular weight excluding hydrogens is 498 g/mol. The van der Waals surface area contributed by atoms with Crippen molar-refractivity contribution in [3.63, 3.8) is 0 Å². The van der Waals surface area contributed by atoms with Gasteiger partial charge in [-0.2, -0.15) is 4.31 Å². The molecule has 2 heterocycles. The minimum atomic E-state index is -3.62. The van der Waals surface area contributed by atoms with Crippen molar-refractivity contribution in [3.05, 3.63) is 63.5 Å². The van der Waals surface area contributed by atoms with E-state index in [4.69, 9.17) is 4.98 Å². The molecule has 1 aromatic heterocycles. The Hall–Kier alpha value is -2.22. The number of aromatic nitrogens is 1. The fourth-order valence-corrected chi connectivity index (χ4v) is 8.14. The maximum Gasteiger partial charge on any atom is 0.243 e. The van der Waals surface area contributed by atoms with E-state index in [1.165, 1.54) is 22.3 Å². The predicted molar refractivity (Wildman–Crippen MR) is 157 cm³/mol. The minimum Gasteiger partial charge on any atom is -0.345 e. The van der Waals surface area contributed by atoms with Gasteiger partial charge in [-0.05, 0) is 59.4 Å². The maximum atomic E-state index is 14.1. The van der Waals surface area contributed by atoms with Crippen LogP contribution in [0.2, 0.25) is 0 Å². The van der Waals surface area contributed by atoms with E-state index in [2.05, 4.69) is 96.0 Å². The van der Waals surface area contributed by atoms with E-state index in [-0.39, 0.29) is 11.8 Å². The standard InChI is InChI=1S/C30H41N3O2S2/c1-19(2)24-16-25(20(3)4)29(26(17-24)21(5)6)37(34,35)33-14-12-32(13-15-33)30-31-27(18-36-30)28-22(7)10-9-11-23(28)8/h9-11,16-21H,12-15H2,1-8H3. The average molecular weight is 540 g/mol. The molecule has 7 heteroatoms. The molecular formula is C30H41N3O2S2. The van der Waals surface area contributed by atoms with Crippen LogP contribution in [0.4, 0.5) is 5.13 Å². The first-order valence-corrected chi connectivity index (χ1v) is 15.7. The van der Waals surface area contributed by atoms with Crippen molar-refractivity contribution in [2.75, 3.05) is 31.1 Å². The van der Waals surface area contributed by atoms with E-state index in [1.807, 2.05) is 0 Å². The van der Waals surface area contributed by atoms with Crippen LogP contribution in [0, 0.1) is 13.8 Å². The SMILES string of the molecule is Cc1cccc(C)c1-c1csc(N2CCN(S(=O)(=O)c3c(C(C)C)cc(C(C)C)cc3C(C)C)CC2)n1. The van der Waals surface area contributed by atoms with Crippen LogP contribution >= 0.6 is 11.3 Å². The average Bonchev–Trinajstić information content (AvgIpc) is 3.32. The molecule has 200 valence electrons. The lowest BCUT2D eigenvalue weighted by Crippen LogP contribution is -2.49. The Kier molecular flexibility index (Phi) is 8.17. The molecule has 1 saturated heterocycles. The Labute approximate surface area is 227 Å². The number of hydrogen-bond donors (Lipinski definition) is 0. The maximum absolute atomic E-state index is 14.1. The molecule has 37 heavy (non-hydrogen) atoms. The number of rotatable bonds is 7. The first kappa shape index (κ1) is 27.8. The van der Waals surface area contributed by atoms with Crippen molar-refractivity contribution in [3.8, 4) is 11.3 Å². The Bertz CT molecular complexity index is 1320. The number of sulfonamides is 1. The van der Waals surface area contributed by atoms with Gasteiger partial charge in [0.1, 0.15) is 0 Å². The van der Waals surface area contributed by atoms with Crippen molar-refractivity contribution in [1.29, 1.82) is 0 Å². The summed E-state index contributed by atoms with van der Waals surface area (Å²) in [4.78, 5) is 7.70. The zero-order valence-electron chi connectivity index (χ0n) is 23.5. The quantitative estimate of drug-likeness (QED) is 0.316. The van der Waals surface area contributed by atoms with Gasteiger partial charge < -0.3 is 4.90 Å². The Morgan fingerprint density at radius 1 is 0.838 bits per heavy atom. The summed E-state index contributed by atoms with van der Waals surface area (Å²) >= 11 is 1.64. The summed E-state index contributed by atoms with van der Waals surface area (Å²) in [5.74, 6) is 0.601. The van der Waals surface area contributed by atoms with Gasteiger partial charge in [-0.15, -0.1) is 11.3 Å². The molecule has 1 fully saturated rings. The molecule has 0 aliphatic carbocycles. The van der Waals surface area contributed by atoms with Crippen LogP contribution in [0.25, 0.3) is 11.3 Å². The van der Waals surface area contributed by atoms with Gasteiger partial charge >= 0.3 is 0 Å². The summed E-state index contributed by atoms with van der Waals surface area (Å²) in [7, 11) is -3.62. The van der Waals surface area contributed by atoms with Crippen molar-refractivity contribution in [2.45, 2.75) is 78.0 Å². The Morgan fingerprint density at radius 2 is 1.38 bits per heavy atom. The lowest BCUT2D eigenvalue weighted by molar-refractivity contribution is 0.383. The first-order chi connectivity index (χ1) is 17.4. The van der Waals surface area contributed by atoms with Crippen LogP contribution < -0.4 is 4.90 Å². The number of nitrogens with zero attached hydrogens (tertiary/aromatic N) is 3. The van der Waals surface area contributed by atoms with Gasteiger partial charge in [-0.25, -0.2) is 13.4 Å². The molecule has 1 aliphatic rings. The van der Waals surface area contributed by atoms with E-state index in [1.54, 1.807) is 15.6 Å². The molecule has 0 bridgehead atoms. The highest BCUT2D eigenvalue weighted by atomic mass is 32.2. The number of aryl methyl sites for hydroxylation is 2. The van der Waals surface area contributed by atoms with E-state index < -0.39 is 10.0 Å². The van der Waals surface area contributed by atoms with Gasteiger partial charge in [-0.3, -0.25) is 0 Å². The smallest absolute Gasteiger partial charge is 0.243 e. The van der Waals surface area contributed by atoms with E-state index in [0.29, 0.717) is 37.0 Å². The number of anilines is 1. The molecule has 0 amide bonds. The molecule has 3 aromatic rings. The third-order valence-corrected chi connectivity index (χ3v) is 10.3. The monoisotopic (exact) mass is 539 g/mol. The summed E-state index contributed by atoms with van der Waals surface area (Å²) in [6.07, 6.45) is 0. The molecule has 0 saturated carbocycles. The van der Waals surface area contributed by atoms with E-state index >= 15 is 0 Å². The number of piperazine rings is 1. The van der Waals surface area contributed by atoms with Gasteiger partial charge in [0, 0.05) is 37.1 Å². The summed E-state index contributed by atoms with van der Waals surface area (Å²) in [5.41, 5.74) is 7.72. The molecule has 4 rings (SSSR count). The molecule has 1 aliphatic heterocycles. The van der Waals surface area contributed by atoms with Crippen LogP contribution in [-0.4, -0.2) is 43.9 Å². The molecule has 5 nitrogen and oxygen atoms in total. The van der Waals surface area contributed by atoms with Crippen LogP contribution in [0.15, 0.2) is 40.6 Å². The molecule has 2 aromatic carbocycles. The third-order valence-electron chi connectivity index (χ3n) is 7.42. The second-order valence-electron chi connectivity index (χ2n) is 11.2. The first-order valence-electron chi connectivity index (χ1n) is 13.4. The second-order valence-corrected chi connectivity index (χ2v) is 13.9. The fraction of sp³-hybridized carbons (Fsp3) is 0.500. The minimum absolute atomic E-state index is 0.126. The molecule has 0 atom stereocenters. The summed E-state index contributed by atoms with van der Waals surface area (Å²) < 4.78 is 29.9. The van der Waals surface area contributed by atoms with Crippen LogP contribution in [0.1, 0.15) is 87.1 Å². The molecule has 0 N–H and O–H groups in total. The van der Waals surface area contributed by atoms with Gasteiger partial charge in [-0.1, -0.05) is 71.9 Å². The Morgan fingerprint density at radius 3 is 1.86 bits per heavy atom. The van der Waals surface area contributed by atoms with Crippen molar-refractivity contribution < 1.29 is 8.42 Å². The highest BCUT2D eigenvalue weighted by molar-refractivity contribution is 7.89. The topological polar surface area (TPSA) is 53.5 Å². The zero-order valence-corrected chi connectivity index (χ0v) is 25.1. The molecule has 0 radical (unpaired) electrons. The number of thiazole rings is 1. The van der Waals surface area contributed by atoms with Crippen LogP contribution in [0.5, 0.6) is 0 Å². The van der Waals surface area contributed by atoms with Gasteiger partial charge in [0.15, 0.2) is 5.13 Å². The molecule has 0 spiro atoms. The summed E-state index contributed by atoms with van der Waals surface area (Å²) in [6, 6.07) is 10.6. The highest BCUT2D eigenvalue weighted by Crippen LogP contribution is 2.37. The van der Waals surface area contributed by atoms with Crippen LogP contribution in [0.3, 0.4) is 0 Å². The largest absolute Gasteiger partial charge is 0.345 e. The highest BCUT2D eigenvalue weighted by Gasteiger charge is 2.34. The van der Waals surface area contributed by atoms with E-state index in [9.17, 15) is 8.42 Å². The van der Waals surface area contributed by atoms with Crippen molar-refractivity contribution in [1.82, 2.24) is 9.29 Å². The predicted octanol–water partition coefficient (Wildman–Crippen LogP) is 7.31. The number of hydrogen-bond acceptors (Lipinski definition) is 5. The summed E-state index contributed by atoms with van der Waals surface area (Å²) in [6.45, 7) is 19.1. The normalized spacial score (nSPS) is 15.4. The second kappa shape index (κ2) is 10.9. The van der Waals surface area contributed by atoms with Crippen molar-refractivity contribution in [2.24, 2.45) is 0 Å². The number of benzene rings is 2. The van der Waals surface area contributed by atoms with Crippen molar-refractivity contribution >= 4 is 26.5 Å². The van der Waals surface area contributed by atoms with Gasteiger partial charge in [0.2, 0.25) is 10.0 Å². The van der Waals surface area contributed by atoms with Gasteiger partial charge in [0.05, 0.1) is 10.6 Å². The summed E-state index contributed by atoms with van der Waals surface area (Å²) in [5, 5.41) is 3.08. The van der Waals surface area contributed by atoms with E-state index in [0.717, 1.165) is 22.0 Å². The lowest BCUT2D eigenvalue weighted by atomic mass is 9.89. The van der Waals surface area contributed by atoms with Crippen LogP contribution in [-0.2, 0) is 10.0 Å².